The van der Waals surface area contributed by atoms with Crippen molar-refractivity contribution < 1.29 is 10.3 Å². The van der Waals surface area contributed by atoms with Gasteiger partial charge in [0.15, 0.2) is 5.69 Å². The van der Waals surface area contributed by atoms with Crippen LogP contribution in [0.4, 0.5) is 11.4 Å². The molecule has 12 heavy (non-hydrogen) atoms. The summed E-state index contributed by atoms with van der Waals surface area (Å²) in [5.41, 5.74) is 10.2. The van der Waals surface area contributed by atoms with Gasteiger partial charge in [-0.25, -0.2) is 4.84 Å². The summed E-state index contributed by atoms with van der Waals surface area (Å²) >= 11 is 3.42. The third-order valence-corrected chi connectivity index (χ3v) is 2.58. The first-order valence-electron chi connectivity index (χ1n) is 3.57. The maximum absolute atomic E-state index is 5.74. The molecule has 0 atom stereocenters. The lowest BCUT2D eigenvalue weighted by Gasteiger charge is -2.05. The molecule has 0 radical (unpaired) electrons. The fraction of sp³-hybridized carbons (Fsp3) is 0.250. The molecule has 0 spiro atoms. The number of halogens is 1. The third-order valence-electron chi connectivity index (χ3n) is 1.72. The first-order valence-corrected chi connectivity index (χ1v) is 4.36. The van der Waals surface area contributed by atoms with Crippen LogP contribution >= 0.6 is 15.9 Å². The molecule has 1 aromatic carbocycles. The molecule has 4 N–H and O–H groups in total. The van der Waals surface area contributed by atoms with Gasteiger partial charge in [0.2, 0.25) is 0 Å². The van der Waals surface area contributed by atoms with Crippen LogP contribution in [0.25, 0.3) is 0 Å². The number of nitrogen functional groups attached to an aromatic ring is 1. The second-order valence-electron chi connectivity index (χ2n) is 2.53. The molecular formula is C8H12BrN2O+. The van der Waals surface area contributed by atoms with Crippen molar-refractivity contribution in [2.45, 2.75) is 6.92 Å². The molecule has 0 heterocycles. The molecule has 0 amide bonds. The van der Waals surface area contributed by atoms with Crippen molar-refractivity contribution >= 4 is 27.3 Å². The van der Waals surface area contributed by atoms with Gasteiger partial charge in [0.1, 0.15) is 0 Å². The van der Waals surface area contributed by atoms with Crippen molar-refractivity contribution in [2.24, 2.45) is 0 Å². The number of benzene rings is 1. The standard InChI is InChI=1S/C8H11BrN2O/c1-5-6(9)3-4-7(10)8(5)11-12-2/h3-4,11H,10H2,1-2H3/p+1. The van der Waals surface area contributed by atoms with E-state index in [1.54, 1.807) is 12.6 Å². The summed E-state index contributed by atoms with van der Waals surface area (Å²) in [6.45, 7) is 1.99. The predicted molar refractivity (Wildman–Crippen MR) is 51.9 cm³/mol. The highest BCUT2D eigenvalue weighted by molar-refractivity contribution is 9.10. The normalized spacial score (nSPS) is 10.2. The Morgan fingerprint density at radius 2 is 2.17 bits per heavy atom. The molecule has 1 aromatic rings. The Labute approximate surface area is 80.0 Å². The molecule has 0 aliphatic heterocycles. The summed E-state index contributed by atoms with van der Waals surface area (Å²) in [5, 5.41) is 0. The molecule has 0 unspecified atom stereocenters. The van der Waals surface area contributed by atoms with E-state index in [4.69, 9.17) is 10.6 Å². The van der Waals surface area contributed by atoms with Gasteiger partial charge >= 0.3 is 0 Å². The van der Waals surface area contributed by atoms with E-state index in [0.717, 1.165) is 21.4 Å². The SMILES string of the molecule is CO[NH2+]c1c(N)ccc(Br)c1C. The number of hydrogen-bond donors (Lipinski definition) is 2. The highest BCUT2D eigenvalue weighted by atomic mass is 79.9. The van der Waals surface area contributed by atoms with E-state index in [-0.39, 0.29) is 0 Å². The van der Waals surface area contributed by atoms with Gasteiger partial charge in [0.25, 0.3) is 0 Å². The van der Waals surface area contributed by atoms with Crippen molar-refractivity contribution in [3.63, 3.8) is 0 Å². The second-order valence-corrected chi connectivity index (χ2v) is 3.38. The van der Waals surface area contributed by atoms with Crippen LogP contribution in [0.3, 0.4) is 0 Å². The molecule has 0 bridgehead atoms. The molecule has 0 saturated heterocycles. The molecule has 0 aliphatic rings. The average Bonchev–Trinajstić information content (AvgIpc) is 2.06. The zero-order valence-electron chi connectivity index (χ0n) is 7.10. The van der Waals surface area contributed by atoms with Crippen molar-refractivity contribution in [1.29, 1.82) is 0 Å². The quantitative estimate of drug-likeness (QED) is 0.592. The Bertz CT molecular complexity index is 289. The van der Waals surface area contributed by atoms with E-state index in [2.05, 4.69) is 15.9 Å². The Hall–Kier alpha value is -0.580. The first kappa shape index (κ1) is 9.51. The molecule has 0 aromatic heterocycles. The van der Waals surface area contributed by atoms with Crippen molar-refractivity contribution in [3.05, 3.63) is 22.2 Å². The summed E-state index contributed by atoms with van der Waals surface area (Å²) in [6.07, 6.45) is 0. The van der Waals surface area contributed by atoms with E-state index < -0.39 is 0 Å². The third kappa shape index (κ3) is 1.77. The van der Waals surface area contributed by atoms with Crippen molar-refractivity contribution in [3.8, 4) is 0 Å². The Balaban J connectivity index is 3.14. The summed E-state index contributed by atoms with van der Waals surface area (Å²) in [7, 11) is 1.61. The highest BCUT2D eigenvalue weighted by Gasteiger charge is 2.09. The molecule has 4 heteroatoms. The molecular weight excluding hydrogens is 220 g/mol. The Morgan fingerprint density at radius 3 is 2.75 bits per heavy atom. The number of quaternary nitrogens is 1. The lowest BCUT2D eigenvalue weighted by molar-refractivity contribution is -0.830. The Morgan fingerprint density at radius 1 is 1.50 bits per heavy atom. The van der Waals surface area contributed by atoms with E-state index in [1.165, 1.54) is 0 Å². The summed E-state index contributed by atoms with van der Waals surface area (Å²) in [6, 6.07) is 3.78. The topological polar surface area (TPSA) is 51.9 Å². The number of hydrogen-bond acceptors (Lipinski definition) is 2. The van der Waals surface area contributed by atoms with Crippen LogP contribution < -0.4 is 11.2 Å². The second kappa shape index (κ2) is 3.89. The minimum atomic E-state index is 0.734. The largest absolute Gasteiger partial charge is 0.394 e. The molecule has 66 valence electrons. The molecule has 0 aliphatic carbocycles. The van der Waals surface area contributed by atoms with Gasteiger partial charge in [-0.05, 0) is 19.1 Å². The zero-order valence-corrected chi connectivity index (χ0v) is 8.68. The smallest absolute Gasteiger partial charge is 0.189 e. The first-order chi connectivity index (χ1) is 5.66. The summed E-state index contributed by atoms with van der Waals surface area (Å²) in [5.74, 6) is 0. The lowest BCUT2D eigenvalue weighted by atomic mass is 10.2. The van der Waals surface area contributed by atoms with Gasteiger partial charge in [0.05, 0.1) is 12.8 Å². The van der Waals surface area contributed by atoms with E-state index in [9.17, 15) is 0 Å². The van der Waals surface area contributed by atoms with Crippen LogP contribution in [0.2, 0.25) is 0 Å². The number of nitrogens with two attached hydrogens (primary N) is 2. The van der Waals surface area contributed by atoms with E-state index >= 15 is 0 Å². The monoisotopic (exact) mass is 231 g/mol. The molecule has 0 fully saturated rings. The van der Waals surface area contributed by atoms with Gasteiger partial charge in [0, 0.05) is 10.0 Å². The fourth-order valence-electron chi connectivity index (χ4n) is 0.997. The molecule has 0 saturated carbocycles. The van der Waals surface area contributed by atoms with Gasteiger partial charge in [-0.3, -0.25) is 0 Å². The lowest BCUT2D eigenvalue weighted by Crippen LogP contribution is -2.76. The van der Waals surface area contributed by atoms with Gasteiger partial charge < -0.3 is 5.73 Å². The average molecular weight is 232 g/mol. The minimum Gasteiger partial charge on any atom is -0.394 e. The molecule has 1 rings (SSSR count). The number of rotatable bonds is 2. The van der Waals surface area contributed by atoms with E-state index in [1.807, 2.05) is 19.1 Å². The minimum absolute atomic E-state index is 0.734. The van der Waals surface area contributed by atoms with E-state index in [0.29, 0.717) is 0 Å². The Kier molecular flexibility index (Phi) is 3.08. The fourth-order valence-corrected chi connectivity index (χ4v) is 1.34. The van der Waals surface area contributed by atoms with Crippen LogP contribution in [0, 0.1) is 6.92 Å². The van der Waals surface area contributed by atoms with Crippen LogP contribution in [0.15, 0.2) is 16.6 Å². The zero-order chi connectivity index (χ0) is 9.14. The van der Waals surface area contributed by atoms with Gasteiger partial charge in [-0.15, -0.1) is 0 Å². The van der Waals surface area contributed by atoms with Crippen LogP contribution in [0.5, 0.6) is 0 Å². The molecule has 3 nitrogen and oxygen atoms in total. The van der Waals surface area contributed by atoms with Gasteiger partial charge in [-0.2, -0.15) is 5.48 Å². The maximum Gasteiger partial charge on any atom is 0.189 e. The van der Waals surface area contributed by atoms with Gasteiger partial charge in [-0.1, -0.05) is 15.9 Å². The van der Waals surface area contributed by atoms with Crippen molar-refractivity contribution in [1.82, 2.24) is 0 Å². The maximum atomic E-state index is 5.74. The summed E-state index contributed by atoms with van der Waals surface area (Å²) in [4.78, 5) is 4.92. The summed E-state index contributed by atoms with van der Waals surface area (Å²) < 4.78 is 1.04. The predicted octanol–water partition coefficient (Wildman–Crippen LogP) is 1.10. The number of anilines is 1. The van der Waals surface area contributed by atoms with Crippen LogP contribution in [-0.4, -0.2) is 7.11 Å². The van der Waals surface area contributed by atoms with Crippen LogP contribution in [0.1, 0.15) is 5.56 Å². The highest BCUT2D eigenvalue weighted by Crippen LogP contribution is 2.25. The van der Waals surface area contributed by atoms with Crippen LogP contribution in [-0.2, 0) is 4.84 Å². The van der Waals surface area contributed by atoms with Crippen molar-refractivity contribution in [2.75, 3.05) is 12.8 Å².